The van der Waals surface area contributed by atoms with Crippen molar-refractivity contribution >= 4 is 39.1 Å². The Balaban J connectivity index is 2.39. The van der Waals surface area contributed by atoms with Crippen LogP contribution in [0.1, 0.15) is 43.5 Å². The molecule has 1 atom stereocenters. The molecule has 1 amide bonds. The Labute approximate surface area is 152 Å². The number of nitrogens with one attached hydrogen (secondary N) is 2. The number of rotatable bonds is 6. The minimum atomic E-state index is -3.82. The number of carbonyl (C=O) groups excluding carboxylic acids is 1. The molecule has 0 spiro atoms. The summed E-state index contributed by atoms with van der Waals surface area (Å²) in [5.41, 5.74) is -0.849. The Bertz CT molecular complexity index is 813. The third-order valence-electron chi connectivity index (χ3n) is 3.87. The van der Waals surface area contributed by atoms with Gasteiger partial charge in [-0.3, -0.25) is 4.79 Å². The summed E-state index contributed by atoms with van der Waals surface area (Å²) in [6.45, 7) is 3.53. The molecular weight excluding hydrogens is 371 g/mol. The summed E-state index contributed by atoms with van der Waals surface area (Å²) in [4.78, 5) is 12.3. The van der Waals surface area contributed by atoms with Crippen LogP contribution in [-0.4, -0.2) is 25.9 Å². The van der Waals surface area contributed by atoms with Crippen LogP contribution in [0.2, 0.25) is 10.0 Å². The number of carbonyl (C=O) groups is 1. The van der Waals surface area contributed by atoms with Crippen LogP contribution >= 0.6 is 23.2 Å². The number of benzene rings is 1. The SMILES string of the molecule is C#CC(C)(CC)NC(=O)c1cc(S(=O)(=O)NC2CC2)c(Cl)cc1Cl. The van der Waals surface area contributed by atoms with E-state index < -0.39 is 21.5 Å². The van der Waals surface area contributed by atoms with Crippen molar-refractivity contribution in [2.75, 3.05) is 0 Å². The van der Waals surface area contributed by atoms with Gasteiger partial charge in [0.25, 0.3) is 5.91 Å². The number of terminal acetylenes is 1. The predicted octanol–water partition coefficient (Wildman–Crippen LogP) is 2.97. The van der Waals surface area contributed by atoms with Crippen LogP contribution in [-0.2, 0) is 10.0 Å². The highest BCUT2D eigenvalue weighted by molar-refractivity contribution is 7.89. The van der Waals surface area contributed by atoms with Crippen molar-refractivity contribution < 1.29 is 13.2 Å². The molecule has 2 rings (SSSR count). The third-order valence-corrected chi connectivity index (χ3v) is 6.17. The second kappa shape index (κ2) is 6.93. The zero-order chi connectivity index (χ0) is 18.1. The van der Waals surface area contributed by atoms with Crippen LogP contribution in [0, 0.1) is 12.3 Å². The number of hydrogen-bond donors (Lipinski definition) is 2. The molecule has 0 radical (unpaired) electrons. The number of halogens is 2. The molecule has 1 aliphatic carbocycles. The highest BCUT2D eigenvalue weighted by atomic mass is 35.5. The van der Waals surface area contributed by atoms with Gasteiger partial charge in [-0.15, -0.1) is 6.42 Å². The molecule has 0 aliphatic heterocycles. The van der Waals surface area contributed by atoms with E-state index in [9.17, 15) is 13.2 Å². The molecule has 1 aromatic carbocycles. The first kappa shape index (κ1) is 19.1. The molecule has 8 heteroatoms. The van der Waals surface area contributed by atoms with E-state index in [2.05, 4.69) is 16.0 Å². The molecule has 1 fully saturated rings. The smallest absolute Gasteiger partial charge is 0.254 e. The van der Waals surface area contributed by atoms with Gasteiger partial charge in [0.05, 0.1) is 21.1 Å². The van der Waals surface area contributed by atoms with Gasteiger partial charge in [-0.25, -0.2) is 13.1 Å². The van der Waals surface area contributed by atoms with Gasteiger partial charge in [0, 0.05) is 6.04 Å². The van der Waals surface area contributed by atoms with Crippen molar-refractivity contribution in [3.63, 3.8) is 0 Å². The summed E-state index contributed by atoms with van der Waals surface area (Å²) in [7, 11) is -3.82. The zero-order valence-corrected chi connectivity index (χ0v) is 15.6. The fourth-order valence-electron chi connectivity index (χ4n) is 1.94. The van der Waals surface area contributed by atoms with Gasteiger partial charge >= 0.3 is 0 Å². The van der Waals surface area contributed by atoms with Gasteiger partial charge < -0.3 is 5.32 Å². The summed E-state index contributed by atoms with van der Waals surface area (Å²) < 4.78 is 27.3. The molecule has 2 N–H and O–H groups in total. The molecule has 1 aromatic rings. The molecule has 130 valence electrons. The van der Waals surface area contributed by atoms with Crippen LogP contribution in [0.5, 0.6) is 0 Å². The lowest BCUT2D eigenvalue weighted by atomic mass is 9.99. The summed E-state index contributed by atoms with van der Waals surface area (Å²) in [6.07, 6.45) is 7.52. The molecular formula is C16H18Cl2N2O3S. The molecule has 1 aliphatic rings. The molecule has 24 heavy (non-hydrogen) atoms. The van der Waals surface area contributed by atoms with E-state index in [0.29, 0.717) is 6.42 Å². The fourth-order valence-corrected chi connectivity index (χ4v) is 4.10. The molecule has 5 nitrogen and oxygen atoms in total. The zero-order valence-electron chi connectivity index (χ0n) is 13.3. The monoisotopic (exact) mass is 388 g/mol. The van der Waals surface area contributed by atoms with E-state index in [1.165, 1.54) is 12.1 Å². The van der Waals surface area contributed by atoms with Crippen molar-refractivity contribution in [2.45, 2.75) is 49.6 Å². The van der Waals surface area contributed by atoms with Crippen molar-refractivity contribution in [1.29, 1.82) is 0 Å². The van der Waals surface area contributed by atoms with Crippen molar-refractivity contribution in [3.8, 4) is 12.3 Å². The van der Waals surface area contributed by atoms with E-state index in [0.717, 1.165) is 12.8 Å². The third kappa shape index (κ3) is 4.22. The Morgan fingerprint density at radius 1 is 1.38 bits per heavy atom. The highest BCUT2D eigenvalue weighted by Gasteiger charge is 2.31. The van der Waals surface area contributed by atoms with Crippen LogP contribution in [0.15, 0.2) is 17.0 Å². The second-order valence-corrected chi connectivity index (χ2v) is 8.44. The summed E-state index contributed by atoms with van der Waals surface area (Å²) >= 11 is 12.1. The minimum absolute atomic E-state index is 0.00663. The fraction of sp³-hybridized carbons (Fsp3) is 0.438. The van der Waals surface area contributed by atoms with E-state index in [-0.39, 0.29) is 26.5 Å². The lowest BCUT2D eigenvalue weighted by Crippen LogP contribution is -2.44. The second-order valence-electron chi connectivity index (χ2n) is 5.94. The Morgan fingerprint density at radius 3 is 2.50 bits per heavy atom. The van der Waals surface area contributed by atoms with E-state index in [1.54, 1.807) is 6.92 Å². The van der Waals surface area contributed by atoms with Crippen molar-refractivity contribution in [1.82, 2.24) is 10.0 Å². The standard InChI is InChI=1S/C16H18Cl2N2O3S/c1-4-16(3,5-2)19-15(21)11-8-14(13(18)9-12(11)17)24(22,23)20-10-6-7-10/h1,8-10,20H,5-7H2,2-3H3,(H,19,21). The molecule has 0 heterocycles. The van der Waals surface area contributed by atoms with Gasteiger partial charge in [-0.05, 0) is 38.3 Å². The topological polar surface area (TPSA) is 75.3 Å². The summed E-state index contributed by atoms with van der Waals surface area (Å²) in [5.74, 6) is 1.95. The first-order chi connectivity index (χ1) is 11.1. The highest BCUT2D eigenvalue weighted by Crippen LogP contribution is 2.31. The maximum atomic E-state index is 12.5. The van der Waals surface area contributed by atoms with E-state index >= 15 is 0 Å². The largest absolute Gasteiger partial charge is 0.336 e. The Hall–Kier alpha value is -1.26. The lowest BCUT2D eigenvalue weighted by molar-refractivity contribution is 0.0923. The van der Waals surface area contributed by atoms with Gasteiger partial charge in [0.1, 0.15) is 4.90 Å². The van der Waals surface area contributed by atoms with E-state index in [1.807, 2.05) is 6.92 Å². The molecule has 0 bridgehead atoms. The quantitative estimate of drug-likeness (QED) is 0.735. The maximum absolute atomic E-state index is 12.5. The Morgan fingerprint density at radius 2 is 2.00 bits per heavy atom. The van der Waals surface area contributed by atoms with Crippen LogP contribution in [0.25, 0.3) is 0 Å². The van der Waals surface area contributed by atoms with Gasteiger partial charge in [-0.1, -0.05) is 36.0 Å². The lowest BCUT2D eigenvalue weighted by Gasteiger charge is -2.24. The average molecular weight is 389 g/mol. The molecule has 1 unspecified atom stereocenters. The van der Waals surface area contributed by atoms with Gasteiger partial charge in [0.2, 0.25) is 10.0 Å². The first-order valence-electron chi connectivity index (χ1n) is 7.43. The van der Waals surface area contributed by atoms with Crippen LogP contribution in [0.4, 0.5) is 0 Å². The van der Waals surface area contributed by atoms with Crippen molar-refractivity contribution in [3.05, 3.63) is 27.7 Å². The number of sulfonamides is 1. The molecule has 0 saturated heterocycles. The summed E-state index contributed by atoms with van der Waals surface area (Å²) in [6, 6.07) is 2.35. The maximum Gasteiger partial charge on any atom is 0.254 e. The van der Waals surface area contributed by atoms with Crippen LogP contribution < -0.4 is 10.0 Å². The molecule has 0 aromatic heterocycles. The number of hydrogen-bond acceptors (Lipinski definition) is 3. The minimum Gasteiger partial charge on any atom is -0.336 e. The van der Waals surface area contributed by atoms with Gasteiger partial charge in [0.15, 0.2) is 0 Å². The van der Waals surface area contributed by atoms with Crippen LogP contribution in [0.3, 0.4) is 0 Å². The van der Waals surface area contributed by atoms with Gasteiger partial charge in [-0.2, -0.15) is 0 Å². The first-order valence-corrected chi connectivity index (χ1v) is 9.67. The van der Waals surface area contributed by atoms with E-state index in [4.69, 9.17) is 29.6 Å². The predicted molar refractivity (Wildman–Crippen MR) is 94.8 cm³/mol. The van der Waals surface area contributed by atoms with Crippen molar-refractivity contribution in [2.24, 2.45) is 0 Å². The summed E-state index contributed by atoms with van der Waals surface area (Å²) in [5, 5.41) is 2.70. The molecule has 1 saturated carbocycles. The normalized spacial score (nSPS) is 17.0. The number of amides is 1. The average Bonchev–Trinajstić information content (AvgIpc) is 3.29. The Kier molecular flexibility index (Phi) is 5.50.